The molecule has 2 saturated carbocycles. The highest BCUT2D eigenvalue weighted by Gasteiger charge is 2.61. The molecule has 19 heavy (non-hydrogen) atoms. The molecule has 0 aromatic carbocycles. The number of ether oxygens (including phenoxy) is 1. The van der Waals surface area contributed by atoms with Crippen molar-refractivity contribution in [1.82, 2.24) is 5.32 Å². The van der Waals surface area contributed by atoms with E-state index in [2.05, 4.69) is 26.1 Å². The van der Waals surface area contributed by atoms with Gasteiger partial charge in [0.25, 0.3) is 0 Å². The number of hydrogen-bond donors (Lipinski definition) is 2. The van der Waals surface area contributed by atoms with Crippen molar-refractivity contribution in [3.63, 3.8) is 0 Å². The molecule has 4 unspecified atom stereocenters. The largest absolute Gasteiger partial charge is 0.480 e. The quantitative estimate of drug-likeness (QED) is 0.776. The Hall–Kier alpha value is -0.610. The monoisotopic (exact) mass is 269 g/mol. The van der Waals surface area contributed by atoms with Gasteiger partial charge in [-0.25, -0.2) is 0 Å². The van der Waals surface area contributed by atoms with Gasteiger partial charge in [-0.05, 0) is 49.5 Å². The van der Waals surface area contributed by atoms with Crippen LogP contribution in [0.25, 0.3) is 0 Å². The Morgan fingerprint density at radius 2 is 2.16 bits per heavy atom. The van der Waals surface area contributed by atoms with E-state index in [9.17, 15) is 4.79 Å². The lowest BCUT2D eigenvalue weighted by Crippen LogP contribution is -2.39. The fourth-order valence-electron chi connectivity index (χ4n) is 4.10. The predicted octanol–water partition coefficient (Wildman–Crippen LogP) is 2.28. The Morgan fingerprint density at radius 3 is 2.58 bits per heavy atom. The lowest BCUT2D eigenvalue weighted by atomic mass is 9.70. The summed E-state index contributed by atoms with van der Waals surface area (Å²) in [7, 11) is 1.68. The van der Waals surface area contributed by atoms with Crippen molar-refractivity contribution >= 4 is 5.97 Å². The fourth-order valence-corrected chi connectivity index (χ4v) is 4.10. The third-order valence-corrected chi connectivity index (χ3v) is 6.09. The highest BCUT2D eigenvalue weighted by atomic mass is 16.5. The molecule has 0 aromatic rings. The topological polar surface area (TPSA) is 58.6 Å². The van der Waals surface area contributed by atoms with Crippen LogP contribution >= 0.6 is 0 Å². The smallest absolute Gasteiger partial charge is 0.320 e. The second-order valence-electron chi connectivity index (χ2n) is 6.94. The van der Waals surface area contributed by atoms with Crippen LogP contribution in [-0.2, 0) is 9.53 Å². The van der Waals surface area contributed by atoms with Gasteiger partial charge in [-0.15, -0.1) is 0 Å². The van der Waals surface area contributed by atoms with Gasteiger partial charge >= 0.3 is 5.97 Å². The van der Waals surface area contributed by atoms with Gasteiger partial charge in [-0.3, -0.25) is 4.79 Å². The molecule has 4 atom stereocenters. The molecule has 110 valence electrons. The lowest BCUT2D eigenvalue weighted by molar-refractivity contribution is -0.140. The van der Waals surface area contributed by atoms with E-state index in [1.54, 1.807) is 7.05 Å². The average Bonchev–Trinajstić information content (AvgIpc) is 2.67. The molecule has 2 N–H and O–H groups in total. The van der Waals surface area contributed by atoms with E-state index in [1.165, 1.54) is 12.8 Å². The van der Waals surface area contributed by atoms with Crippen LogP contribution in [0.4, 0.5) is 0 Å². The van der Waals surface area contributed by atoms with Crippen molar-refractivity contribution in [2.24, 2.45) is 16.7 Å². The molecule has 2 aliphatic carbocycles. The number of carbonyl (C=O) groups is 1. The van der Waals surface area contributed by atoms with Gasteiger partial charge in [0, 0.05) is 6.61 Å². The van der Waals surface area contributed by atoms with Gasteiger partial charge in [-0.2, -0.15) is 0 Å². The zero-order chi connectivity index (χ0) is 14.3. The Labute approximate surface area is 115 Å². The molecule has 0 aliphatic heterocycles. The molecule has 0 radical (unpaired) electrons. The summed E-state index contributed by atoms with van der Waals surface area (Å²) < 4.78 is 6.05. The van der Waals surface area contributed by atoms with Crippen molar-refractivity contribution < 1.29 is 14.6 Å². The highest BCUT2D eigenvalue weighted by molar-refractivity contribution is 5.73. The van der Waals surface area contributed by atoms with Crippen LogP contribution in [0.1, 0.15) is 46.5 Å². The number of carboxylic acid groups (broad SMARTS) is 1. The predicted molar refractivity (Wildman–Crippen MR) is 74.1 cm³/mol. The van der Waals surface area contributed by atoms with Crippen LogP contribution in [0, 0.1) is 16.7 Å². The summed E-state index contributed by atoms with van der Waals surface area (Å²) in [6.07, 6.45) is 4.53. The summed E-state index contributed by atoms with van der Waals surface area (Å²) in [5, 5.41) is 11.8. The van der Waals surface area contributed by atoms with Gasteiger partial charge in [0.05, 0.1) is 6.10 Å². The van der Waals surface area contributed by atoms with Gasteiger partial charge < -0.3 is 15.2 Å². The lowest BCUT2D eigenvalue weighted by Gasteiger charge is -2.39. The maximum atomic E-state index is 10.9. The summed E-state index contributed by atoms with van der Waals surface area (Å²) >= 11 is 0. The van der Waals surface area contributed by atoms with Gasteiger partial charge in [0.15, 0.2) is 0 Å². The second-order valence-corrected chi connectivity index (χ2v) is 6.94. The van der Waals surface area contributed by atoms with Crippen LogP contribution in [0.15, 0.2) is 0 Å². The molecule has 0 aromatic heterocycles. The fraction of sp³-hybridized carbons (Fsp3) is 0.933. The van der Waals surface area contributed by atoms with Crippen LogP contribution in [-0.4, -0.2) is 36.9 Å². The number of hydrogen-bond acceptors (Lipinski definition) is 3. The van der Waals surface area contributed by atoms with E-state index >= 15 is 0 Å². The summed E-state index contributed by atoms with van der Waals surface area (Å²) in [6, 6.07) is -0.501. The van der Waals surface area contributed by atoms with Gasteiger partial charge in [0.1, 0.15) is 6.04 Å². The summed E-state index contributed by atoms with van der Waals surface area (Å²) in [5.74, 6) is -0.0346. The van der Waals surface area contributed by atoms with Crippen molar-refractivity contribution in [2.45, 2.75) is 58.6 Å². The third kappa shape index (κ3) is 2.29. The molecule has 0 spiro atoms. The molecular weight excluding hydrogens is 242 g/mol. The SMILES string of the molecule is CNC(CCOC1CC2CCC1(C)C2(C)C)C(=O)O. The molecule has 2 fully saturated rings. The maximum Gasteiger partial charge on any atom is 0.320 e. The molecule has 0 amide bonds. The number of nitrogens with one attached hydrogen (secondary N) is 1. The minimum Gasteiger partial charge on any atom is -0.480 e. The van der Waals surface area contributed by atoms with Crippen molar-refractivity contribution in [1.29, 1.82) is 0 Å². The van der Waals surface area contributed by atoms with Crippen molar-refractivity contribution in [3.05, 3.63) is 0 Å². The molecule has 2 aliphatic rings. The van der Waals surface area contributed by atoms with Gasteiger partial charge in [0.2, 0.25) is 0 Å². The number of carboxylic acids is 1. The van der Waals surface area contributed by atoms with Crippen LogP contribution in [0.5, 0.6) is 0 Å². The van der Waals surface area contributed by atoms with E-state index in [0.717, 1.165) is 12.3 Å². The Balaban J connectivity index is 1.87. The average molecular weight is 269 g/mol. The molecule has 4 nitrogen and oxygen atoms in total. The third-order valence-electron chi connectivity index (χ3n) is 6.09. The molecule has 0 heterocycles. The number of rotatable bonds is 6. The summed E-state index contributed by atoms with van der Waals surface area (Å²) in [5.41, 5.74) is 0.614. The van der Waals surface area contributed by atoms with Crippen LogP contribution in [0.3, 0.4) is 0 Å². The molecule has 2 bridgehead atoms. The molecular formula is C15H27NO3. The first-order chi connectivity index (χ1) is 8.83. The Bertz CT molecular complexity index is 355. The van der Waals surface area contributed by atoms with E-state index in [1.807, 2.05) is 0 Å². The zero-order valence-corrected chi connectivity index (χ0v) is 12.5. The Kier molecular flexibility index (Phi) is 3.94. The van der Waals surface area contributed by atoms with E-state index in [-0.39, 0.29) is 5.41 Å². The first-order valence-corrected chi connectivity index (χ1v) is 7.34. The minimum atomic E-state index is -0.800. The number of likely N-dealkylation sites (N-methyl/N-ethyl adjacent to an activating group) is 1. The summed E-state index contributed by atoms with van der Waals surface area (Å²) in [4.78, 5) is 10.9. The standard InChI is InChI=1S/C15H27NO3/c1-14(2)10-5-7-15(14,3)12(9-10)19-8-6-11(16-4)13(17)18/h10-12,16H,5-9H2,1-4H3,(H,17,18). The normalized spacial score (nSPS) is 37.5. The Morgan fingerprint density at radius 1 is 1.47 bits per heavy atom. The van der Waals surface area contributed by atoms with Crippen LogP contribution in [0.2, 0.25) is 0 Å². The molecule has 4 heteroatoms. The highest BCUT2D eigenvalue weighted by Crippen LogP contribution is 2.66. The van der Waals surface area contributed by atoms with Crippen molar-refractivity contribution in [3.8, 4) is 0 Å². The van der Waals surface area contributed by atoms with Crippen LogP contribution < -0.4 is 5.32 Å². The number of fused-ring (bicyclic) bond motifs is 2. The maximum absolute atomic E-state index is 10.9. The van der Waals surface area contributed by atoms with E-state index < -0.39 is 12.0 Å². The van der Waals surface area contributed by atoms with Crippen molar-refractivity contribution in [2.75, 3.05) is 13.7 Å². The first kappa shape index (κ1) is 14.8. The number of aliphatic carboxylic acids is 1. The minimum absolute atomic E-state index is 0.260. The second kappa shape index (κ2) is 5.06. The molecule has 2 rings (SSSR count). The summed E-state index contributed by atoms with van der Waals surface area (Å²) in [6.45, 7) is 7.60. The van der Waals surface area contributed by atoms with E-state index in [4.69, 9.17) is 9.84 Å². The van der Waals surface area contributed by atoms with Gasteiger partial charge in [-0.1, -0.05) is 20.8 Å². The zero-order valence-electron chi connectivity index (χ0n) is 12.5. The van der Waals surface area contributed by atoms with E-state index in [0.29, 0.717) is 24.5 Å². The first-order valence-electron chi connectivity index (χ1n) is 7.34. The molecule has 0 saturated heterocycles.